The molecule has 9 heteroatoms. The summed E-state index contributed by atoms with van der Waals surface area (Å²) >= 11 is 0. The van der Waals surface area contributed by atoms with Gasteiger partial charge >= 0.3 is 6.03 Å². The van der Waals surface area contributed by atoms with Gasteiger partial charge in [0, 0.05) is 44.8 Å². The lowest BCUT2D eigenvalue weighted by molar-refractivity contribution is -0.121. The lowest BCUT2D eigenvalue weighted by Crippen LogP contribution is -2.51. The molecule has 0 bridgehead atoms. The number of aromatic nitrogens is 2. The van der Waals surface area contributed by atoms with Gasteiger partial charge in [0.05, 0.1) is 12.6 Å². The molecule has 1 aliphatic heterocycles. The third kappa shape index (κ3) is 5.04. The lowest BCUT2D eigenvalue weighted by Gasteiger charge is -2.35. The molecule has 1 saturated heterocycles. The topological polar surface area (TPSA) is 91.3 Å². The number of carbonyl (C=O) groups excluding carboxylic acids is 2. The molecule has 0 radical (unpaired) electrons. The molecule has 2 heterocycles. The summed E-state index contributed by atoms with van der Waals surface area (Å²) in [5.41, 5.74) is 0.640. The molecule has 1 aromatic carbocycles. The number of halogens is 1. The molecule has 8 nitrogen and oxygen atoms in total. The highest BCUT2D eigenvalue weighted by Crippen LogP contribution is 2.19. The van der Waals surface area contributed by atoms with Gasteiger partial charge in [-0.2, -0.15) is 0 Å². The minimum Gasteiger partial charge on any atom is -0.337 e. The van der Waals surface area contributed by atoms with E-state index in [2.05, 4.69) is 20.9 Å². The van der Waals surface area contributed by atoms with E-state index in [0.717, 1.165) is 12.4 Å². The number of rotatable bonds is 4. The SMILES string of the molecule is Cl.Cn1ccnc1C1CNCCN1CC(=O)NC(=O)Nc1ccccc1. The Balaban J connectivity index is 0.00000243. The Morgan fingerprint density at radius 1 is 1.31 bits per heavy atom. The summed E-state index contributed by atoms with van der Waals surface area (Å²) in [6.45, 7) is 2.37. The molecule has 1 aromatic heterocycles. The minimum absolute atomic E-state index is 0. The van der Waals surface area contributed by atoms with Gasteiger partial charge in [0.25, 0.3) is 0 Å². The highest BCUT2D eigenvalue weighted by Gasteiger charge is 2.28. The zero-order valence-corrected chi connectivity index (χ0v) is 15.3. The van der Waals surface area contributed by atoms with Crippen LogP contribution in [0.5, 0.6) is 0 Å². The monoisotopic (exact) mass is 378 g/mol. The molecule has 0 saturated carbocycles. The number of nitrogens with zero attached hydrogens (tertiary/aromatic N) is 3. The Labute approximate surface area is 158 Å². The molecule has 1 unspecified atom stereocenters. The molecule has 1 aliphatic rings. The molecule has 2 aromatic rings. The van der Waals surface area contributed by atoms with Crippen LogP contribution >= 0.6 is 12.4 Å². The van der Waals surface area contributed by atoms with Crippen LogP contribution < -0.4 is 16.0 Å². The molecule has 140 valence electrons. The number of hydrogen-bond acceptors (Lipinski definition) is 5. The number of imide groups is 1. The zero-order chi connectivity index (χ0) is 17.6. The number of urea groups is 1. The second-order valence-corrected chi connectivity index (χ2v) is 5.96. The summed E-state index contributed by atoms with van der Waals surface area (Å²) in [5.74, 6) is 0.559. The molecular formula is C17H23ClN6O2. The predicted molar refractivity (Wildman–Crippen MR) is 101 cm³/mol. The second kappa shape index (κ2) is 9.33. The van der Waals surface area contributed by atoms with Gasteiger partial charge in [0.15, 0.2) is 0 Å². The summed E-state index contributed by atoms with van der Waals surface area (Å²) in [5, 5.41) is 8.34. The van der Waals surface area contributed by atoms with Crippen molar-refractivity contribution in [1.29, 1.82) is 0 Å². The zero-order valence-electron chi connectivity index (χ0n) is 14.5. The van der Waals surface area contributed by atoms with Crippen molar-refractivity contribution in [3.05, 3.63) is 48.5 Å². The molecular weight excluding hydrogens is 356 g/mol. The smallest absolute Gasteiger partial charge is 0.325 e. The van der Waals surface area contributed by atoms with Crippen molar-refractivity contribution in [3.63, 3.8) is 0 Å². The first-order valence-corrected chi connectivity index (χ1v) is 8.21. The Kier molecular flexibility index (Phi) is 7.14. The minimum atomic E-state index is -0.528. The Morgan fingerprint density at radius 2 is 2.08 bits per heavy atom. The van der Waals surface area contributed by atoms with Crippen LogP contribution in [0.15, 0.2) is 42.7 Å². The molecule has 26 heavy (non-hydrogen) atoms. The average Bonchev–Trinajstić information content (AvgIpc) is 3.02. The third-order valence-electron chi connectivity index (χ3n) is 4.14. The van der Waals surface area contributed by atoms with Crippen molar-refractivity contribution in [1.82, 2.24) is 25.1 Å². The van der Waals surface area contributed by atoms with E-state index < -0.39 is 6.03 Å². The van der Waals surface area contributed by atoms with Gasteiger partial charge in [-0.25, -0.2) is 9.78 Å². The van der Waals surface area contributed by atoms with Gasteiger partial charge in [0.1, 0.15) is 5.82 Å². The van der Waals surface area contributed by atoms with Crippen molar-refractivity contribution in [2.24, 2.45) is 7.05 Å². The fraction of sp³-hybridized carbons (Fsp3) is 0.353. The fourth-order valence-electron chi connectivity index (χ4n) is 2.92. The normalized spacial score (nSPS) is 17.2. The molecule has 1 fully saturated rings. The van der Waals surface area contributed by atoms with Crippen molar-refractivity contribution >= 4 is 30.0 Å². The number of piperazine rings is 1. The van der Waals surface area contributed by atoms with E-state index >= 15 is 0 Å². The molecule has 1 atom stereocenters. The first kappa shape index (κ1) is 19.9. The van der Waals surface area contributed by atoms with Gasteiger partial charge < -0.3 is 15.2 Å². The maximum absolute atomic E-state index is 12.3. The molecule has 0 spiro atoms. The van der Waals surface area contributed by atoms with E-state index in [1.165, 1.54) is 0 Å². The van der Waals surface area contributed by atoms with E-state index in [9.17, 15) is 9.59 Å². The van der Waals surface area contributed by atoms with E-state index in [0.29, 0.717) is 18.8 Å². The maximum atomic E-state index is 12.3. The number of hydrogen-bond donors (Lipinski definition) is 3. The number of imidazole rings is 1. The molecule has 3 amide bonds. The van der Waals surface area contributed by atoms with Crippen molar-refractivity contribution in [2.75, 3.05) is 31.5 Å². The van der Waals surface area contributed by atoms with E-state index in [4.69, 9.17) is 0 Å². The number of nitrogens with one attached hydrogen (secondary N) is 3. The van der Waals surface area contributed by atoms with Gasteiger partial charge in [-0.05, 0) is 12.1 Å². The predicted octanol–water partition coefficient (Wildman–Crippen LogP) is 1.14. The van der Waals surface area contributed by atoms with Crippen LogP contribution in [0.3, 0.4) is 0 Å². The van der Waals surface area contributed by atoms with Gasteiger partial charge in [-0.15, -0.1) is 12.4 Å². The number of para-hydroxylation sites is 1. The van der Waals surface area contributed by atoms with Gasteiger partial charge in [-0.1, -0.05) is 18.2 Å². The number of benzene rings is 1. The van der Waals surface area contributed by atoms with E-state index in [1.54, 1.807) is 18.3 Å². The first-order chi connectivity index (χ1) is 12.1. The van der Waals surface area contributed by atoms with Crippen LogP contribution in [0, 0.1) is 0 Å². The number of anilines is 1. The van der Waals surface area contributed by atoms with Crippen molar-refractivity contribution < 1.29 is 9.59 Å². The third-order valence-corrected chi connectivity index (χ3v) is 4.14. The van der Waals surface area contributed by atoms with Gasteiger partial charge in [-0.3, -0.25) is 15.0 Å². The summed E-state index contributed by atoms with van der Waals surface area (Å²) in [7, 11) is 1.93. The Bertz CT molecular complexity index is 736. The summed E-state index contributed by atoms with van der Waals surface area (Å²) in [4.78, 5) is 30.6. The maximum Gasteiger partial charge on any atom is 0.325 e. The quantitative estimate of drug-likeness (QED) is 0.742. The van der Waals surface area contributed by atoms with Crippen LogP contribution in [0.2, 0.25) is 0 Å². The average molecular weight is 379 g/mol. The summed E-state index contributed by atoms with van der Waals surface area (Å²) in [6.07, 6.45) is 3.63. The highest BCUT2D eigenvalue weighted by atomic mass is 35.5. The molecule has 3 N–H and O–H groups in total. The van der Waals surface area contributed by atoms with Crippen LogP contribution in [0.1, 0.15) is 11.9 Å². The first-order valence-electron chi connectivity index (χ1n) is 8.21. The van der Waals surface area contributed by atoms with E-state index in [-0.39, 0.29) is 30.9 Å². The Morgan fingerprint density at radius 3 is 2.77 bits per heavy atom. The van der Waals surface area contributed by atoms with Crippen LogP contribution in [-0.2, 0) is 11.8 Å². The number of carbonyl (C=O) groups is 2. The number of amides is 3. The largest absolute Gasteiger partial charge is 0.337 e. The standard InChI is InChI=1S/C17H22N6O2.ClH/c1-22-9-8-19-16(22)14-11-18-7-10-23(14)12-15(24)21-17(25)20-13-5-3-2-4-6-13;/h2-6,8-9,14,18H,7,10-12H2,1H3,(H2,20,21,24,25);1H. The summed E-state index contributed by atoms with van der Waals surface area (Å²) in [6, 6.07) is 8.48. The fourth-order valence-corrected chi connectivity index (χ4v) is 2.92. The van der Waals surface area contributed by atoms with Crippen LogP contribution in [-0.4, -0.2) is 52.6 Å². The number of aryl methyl sites for hydroxylation is 1. The van der Waals surface area contributed by atoms with E-state index in [1.807, 2.05) is 40.9 Å². The lowest BCUT2D eigenvalue weighted by atomic mass is 10.1. The van der Waals surface area contributed by atoms with Crippen molar-refractivity contribution in [3.8, 4) is 0 Å². The van der Waals surface area contributed by atoms with Crippen LogP contribution in [0.4, 0.5) is 10.5 Å². The Hall–Kier alpha value is -2.42. The molecule has 0 aliphatic carbocycles. The van der Waals surface area contributed by atoms with Gasteiger partial charge in [0.2, 0.25) is 5.91 Å². The summed E-state index contributed by atoms with van der Waals surface area (Å²) < 4.78 is 1.95. The molecule has 3 rings (SSSR count). The van der Waals surface area contributed by atoms with Crippen LogP contribution in [0.25, 0.3) is 0 Å². The van der Waals surface area contributed by atoms with Crippen molar-refractivity contribution in [2.45, 2.75) is 6.04 Å². The second-order valence-electron chi connectivity index (χ2n) is 5.96. The highest BCUT2D eigenvalue weighted by molar-refractivity contribution is 6.01.